The Hall–Kier alpha value is -2.84. The van der Waals surface area contributed by atoms with Gasteiger partial charge in [0, 0.05) is 10.6 Å². The summed E-state index contributed by atoms with van der Waals surface area (Å²) in [6.07, 6.45) is -4.49. The minimum absolute atomic E-state index is 0.124. The molecule has 1 aromatic heterocycles. The summed E-state index contributed by atoms with van der Waals surface area (Å²) in [4.78, 5) is 11.3. The Bertz CT molecular complexity index is 1090. The molecule has 0 saturated carbocycles. The highest BCUT2D eigenvalue weighted by Gasteiger charge is 2.31. The van der Waals surface area contributed by atoms with Crippen molar-refractivity contribution in [2.24, 2.45) is 0 Å². The largest absolute Gasteiger partial charge is 0.479 e. The smallest absolute Gasteiger partial charge is 0.416 e. The molecule has 0 spiro atoms. The lowest BCUT2D eigenvalue weighted by molar-refractivity contribution is -0.162. The van der Waals surface area contributed by atoms with Gasteiger partial charge in [-0.25, -0.2) is 4.79 Å². The zero-order valence-corrected chi connectivity index (χ0v) is 17.5. The summed E-state index contributed by atoms with van der Waals surface area (Å²) in [6, 6.07) is 13.6. The molecule has 0 saturated heterocycles. The molecular formula is C22H20ClF3N2O3. The summed E-state index contributed by atoms with van der Waals surface area (Å²) in [5, 5.41) is 14.2. The average Bonchev–Trinajstić information content (AvgIpc) is 3.10. The second-order valence-corrected chi connectivity index (χ2v) is 7.86. The van der Waals surface area contributed by atoms with E-state index in [0.29, 0.717) is 22.0 Å². The fourth-order valence-corrected chi connectivity index (χ4v) is 3.05. The first-order valence-electron chi connectivity index (χ1n) is 9.32. The molecule has 0 fully saturated rings. The van der Waals surface area contributed by atoms with Gasteiger partial charge < -0.3 is 9.84 Å². The van der Waals surface area contributed by atoms with E-state index in [2.05, 4.69) is 5.10 Å². The number of aromatic nitrogens is 2. The minimum atomic E-state index is -4.49. The summed E-state index contributed by atoms with van der Waals surface area (Å²) >= 11 is 6.24. The van der Waals surface area contributed by atoms with Crippen LogP contribution in [0.4, 0.5) is 13.2 Å². The maximum absolute atomic E-state index is 13.2. The standard InChI is InChI=1S/C22H20ClF3N2O3/c1-21(2,20(29)30)31-13-17-11-19(14-7-5-8-16(10-14)22(24,25)26)28(27-17)12-15-6-3-4-9-18(15)23/h3-11H,12-13H2,1-2H3,(H,29,30). The third kappa shape index (κ3) is 5.45. The van der Waals surface area contributed by atoms with Crippen molar-refractivity contribution in [1.82, 2.24) is 9.78 Å². The first-order chi connectivity index (χ1) is 14.5. The van der Waals surface area contributed by atoms with Crippen molar-refractivity contribution < 1.29 is 27.8 Å². The van der Waals surface area contributed by atoms with E-state index in [1.807, 2.05) is 0 Å². The van der Waals surface area contributed by atoms with Crippen LogP contribution < -0.4 is 0 Å². The molecule has 0 unspecified atom stereocenters. The lowest BCUT2D eigenvalue weighted by Gasteiger charge is -2.19. The van der Waals surface area contributed by atoms with E-state index in [9.17, 15) is 23.1 Å². The molecule has 9 heteroatoms. The van der Waals surface area contributed by atoms with Gasteiger partial charge in [0.05, 0.1) is 30.1 Å². The van der Waals surface area contributed by atoms with Crippen LogP contribution >= 0.6 is 11.6 Å². The molecule has 5 nitrogen and oxygen atoms in total. The van der Waals surface area contributed by atoms with Crippen LogP contribution in [0.5, 0.6) is 0 Å². The van der Waals surface area contributed by atoms with E-state index < -0.39 is 23.3 Å². The van der Waals surface area contributed by atoms with Gasteiger partial charge in [-0.3, -0.25) is 4.68 Å². The minimum Gasteiger partial charge on any atom is -0.479 e. The van der Waals surface area contributed by atoms with E-state index in [0.717, 1.165) is 17.7 Å². The van der Waals surface area contributed by atoms with E-state index in [4.69, 9.17) is 16.3 Å². The molecule has 1 heterocycles. The lowest BCUT2D eigenvalue weighted by atomic mass is 10.1. The second-order valence-electron chi connectivity index (χ2n) is 7.45. The van der Waals surface area contributed by atoms with Gasteiger partial charge in [-0.05, 0) is 43.7 Å². The lowest BCUT2D eigenvalue weighted by Crippen LogP contribution is -2.34. The van der Waals surface area contributed by atoms with Crippen LogP contribution in [-0.4, -0.2) is 26.5 Å². The number of carboxylic acid groups (broad SMARTS) is 1. The number of benzene rings is 2. The van der Waals surface area contributed by atoms with Gasteiger partial charge in [0.2, 0.25) is 0 Å². The predicted octanol–water partition coefficient (Wildman–Crippen LogP) is 5.65. The number of rotatable bonds is 7. The predicted molar refractivity (Wildman–Crippen MR) is 110 cm³/mol. The van der Waals surface area contributed by atoms with Crippen LogP contribution in [0.1, 0.15) is 30.7 Å². The zero-order valence-electron chi connectivity index (χ0n) is 16.8. The number of carbonyl (C=O) groups is 1. The monoisotopic (exact) mass is 452 g/mol. The van der Waals surface area contributed by atoms with Crippen molar-refractivity contribution in [3.05, 3.63) is 76.4 Å². The molecule has 1 N–H and O–H groups in total. The van der Waals surface area contributed by atoms with Crippen molar-refractivity contribution in [3.63, 3.8) is 0 Å². The molecule has 0 aliphatic heterocycles. The molecule has 3 rings (SSSR count). The molecule has 0 aliphatic carbocycles. The molecule has 0 aliphatic rings. The first kappa shape index (κ1) is 22.8. The van der Waals surface area contributed by atoms with Crippen LogP contribution in [0.15, 0.2) is 54.6 Å². The highest BCUT2D eigenvalue weighted by molar-refractivity contribution is 6.31. The van der Waals surface area contributed by atoms with Crippen molar-refractivity contribution in [3.8, 4) is 11.3 Å². The fourth-order valence-electron chi connectivity index (χ4n) is 2.85. The second kappa shape index (κ2) is 8.72. The highest BCUT2D eigenvalue weighted by atomic mass is 35.5. The van der Waals surface area contributed by atoms with Gasteiger partial charge in [0.1, 0.15) is 0 Å². The Morgan fingerprint density at radius 1 is 1.13 bits per heavy atom. The molecular weight excluding hydrogens is 433 g/mol. The summed E-state index contributed by atoms with van der Waals surface area (Å²) in [5.41, 5.74) is -0.355. The number of ether oxygens (including phenoxy) is 1. The van der Waals surface area contributed by atoms with Crippen molar-refractivity contribution in [2.45, 2.75) is 38.8 Å². The SMILES string of the molecule is CC(C)(OCc1cc(-c2cccc(C(F)(F)F)c2)n(Cc2ccccc2Cl)n1)C(=O)O. The molecule has 31 heavy (non-hydrogen) atoms. The normalized spacial score (nSPS) is 12.2. The molecule has 0 amide bonds. The summed E-state index contributed by atoms with van der Waals surface area (Å²) < 4.78 is 46.6. The fraction of sp³-hybridized carbons (Fsp3) is 0.273. The topological polar surface area (TPSA) is 64.4 Å². The molecule has 2 aromatic carbocycles. The quantitative estimate of drug-likeness (QED) is 0.503. The first-order valence-corrected chi connectivity index (χ1v) is 9.70. The third-order valence-electron chi connectivity index (χ3n) is 4.69. The molecule has 0 radical (unpaired) electrons. The highest BCUT2D eigenvalue weighted by Crippen LogP contribution is 2.33. The van der Waals surface area contributed by atoms with Crippen molar-refractivity contribution in [2.75, 3.05) is 0 Å². The van der Waals surface area contributed by atoms with E-state index >= 15 is 0 Å². The van der Waals surface area contributed by atoms with Crippen molar-refractivity contribution >= 4 is 17.6 Å². The maximum atomic E-state index is 13.2. The summed E-state index contributed by atoms with van der Waals surface area (Å²) in [7, 11) is 0. The molecule has 0 atom stereocenters. The van der Waals surface area contributed by atoms with E-state index in [-0.39, 0.29) is 13.2 Å². The Kier molecular flexibility index (Phi) is 6.43. The van der Waals surface area contributed by atoms with Gasteiger partial charge in [-0.1, -0.05) is 41.9 Å². The number of alkyl halides is 3. The van der Waals surface area contributed by atoms with Crippen LogP contribution in [0.2, 0.25) is 5.02 Å². The van der Waals surface area contributed by atoms with Gasteiger partial charge >= 0.3 is 12.1 Å². The van der Waals surface area contributed by atoms with Gasteiger partial charge in [-0.15, -0.1) is 0 Å². The average molecular weight is 453 g/mol. The zero-order chi connectivity index (χ0) is 22.8. The van der Waals surface area contributed by atoms with Crippen LogP contribution in [0.3, 0.4) is 0 Å². The third-order valence-corrected chi connectivity index (χ3v) is 5.06. The van der Waals surface area contributed by atoms with Crippen LogP contribution in [-0.2, 0) is 28.9 Å². The Morgan fingerprint density at radius 2 is 1.84 bits per heavy atom. The van der Waals surface area contributed by atoms with E-state index in [1.54, 1.807) is 36.4 Å². The number of nitrogens with zero attached hydrogens (tertiary/aromatic N) is 2. The number of carboxylic acids is 1. The number of aliphatic carboxylic acids is 1. The van der Waals surface area contributed by atoms with Crippen LogP contribution in [0.25, 0.3) is 11.3 Å². The van der Waals surface area contributed by atoms with Crippen molar-refractivity contribution in [1.29, 1.82) is 0 Å². The Labute approximate surface area is 182 Å². The Morgan fingerprint density at radius 3 is 2.48 bits per heavy atom. The maximum Gasteiger partial charge on any atom is 0.416 e. The Balaban J connectivity index is 2.01. The van der Waals surface area contributed by atoms with Gasteiger partial charge in [-0.2, -0.15) is 18.3 Å². The summed E-state index contributed by atoms with van der Waals surface area (Å²) in [5.74, 6) is -1.14. The van der Waals surface area contributed by atoms with Gasteiger partial charge in [0.15, 0.2) is 5.60 Å². The van der Waals surface area contributed by atoms with E-state index in [1.165, 1.54) is 24.6 Å². The number of hydrogen-bond acceptors (Lipinski definition) is 3. The van der Waals surface area contributed by atoms with Crippen LogP contribution in [0, 0.1) is 0 Å². The van der Waals surface area contributed by atoms with Gasteiger partial charge in [0.25, 0.3) is 0 Å². The molecule has 0 bridgehead atoms. The summed E-state index contributed by atoms with van der Waals surface area (Å²) in [6.45, 7) is 2.90. The number of hydrogen-bond donors (Lipinski definition) is 1. The molecule has 3 aromatic rings. The molecule has 164 valence electrons. The number of halogens is 4.